The monoisotopic (exact) mass is 411 g/mol. The van der Waals surface area contributed by atoms with Gasteiger partial charge >= 0.3 is 0 Å². The average Bonchev–Trinajstić information content (AvgIpc) is 3.12. The molecule has 1 aliphatic heterocycles. The number of hydrogen-bond acceptors (Lipinski definition) is 1. The molecule has 0 N–H and O–H groups in total. The van der Waals surface area contributed by atoms with Gasteiger partial charge in [0.25, 0.3) is 0 Å². The van der Waals surface area contributed by atoms with E-state index in [0.717, 1.165) is 39.7 Å². The molecule has 0 saturated carbocycles. The van der Waals surface area contributed by atoms with Crippen LogP contribution in [-0.2, 0) is 13.0 Å². The van der Waals surface area contributed by atoms with Crippen molar-refractivity contribution in [2.24, 2.45) is 0 Å². The maximum absolute atomic E-state index is 6.54. The number of nitrogens with zero attached hydrogens (tertiary/aromatic N) is 1. The zero-order valence-electron chi connectivity index (χ0n) is 16.7. The molecule has 0 radical (unpaired) electrons. The Bertz CT molecular complexity index is 957. The topological polar surface area (TPSA) is 3.24 Å². The van der Waals surface area contributed by atoms with Crippen LogP contribution >= 0.6 is 23.2 Å². The van der Waals surface area contributed by atoms with Crippen LogP contribution in [-0.4, -0.2) is 17.5 Å². The lowest BCUT2D eigenvalue weighted by molar-refractivity contribution is 0.240. The van der Waals surface area contributed by atoms with Crippen molar-refractivity contribution >= 4 is 34.3 Å². The minimum atomic E-state index is 0.679. The third-order valence-electron chi connectivity index (χ3n) is 6.25. The van der Waals surface area contributed by atoms with Crippen molar-refractivity contribution < 1.29 is 0 Å². The molecule has 1 unspecified atom stereocenters. The maximum Gasteiger partial charge on any atom is 0.0447 e. The van der Waals surface area contributed by atoms with Crippen LogP contribution in [0.25, 0.3) is 11.1 Å². The van der Waals surface area contributed by atoms with Crippen LogP contribution in [0, 0.1) is 6.92 Å². The summed E-state index contributed by atoms with van der Waals surface area (Å²) >= 11 is 13.1. The normalized spacial score (nSPS) is 19.6. The van der Waals surface area contributed by atoms with Crippen LogP contribution in [0.4, 0.5) is 0 Å². The van der Waals surface area contributed by atoms with Gasteiger partial charge in [-0.3, -0.25) is 4.90 Å². The Balaban J connectivity index is 1.74. The smallest absolute Gasteiger partial charge is 0.0447 e. The molecule has 2 aliphatic rings. The van der Waals surface area contributed by atoms with E-state index in [0.29, 0.717) is 6.04 Å². The first-order valence-corrected chi connectivity index (χ1v) is 10.9. The van der Waals surface area contributed by atoms with E-state index in [1.165, 1.54) is 48.1 Å². The molecular weight excluding hydrogens is 385 g/mol. The van der Waals surface area contributed by atoms with Gasteiger partial charge < -0.3 is 0 Å². The van der Waals surface area contributed by atoms with Crippen molar-refractivity contribution in [3.05, 3.63) is 80.8 Å². The number of aryl methyl sites for hydroxylation is 1. The molecule has 0 aromatic heterocycles. The number of benzene rings is 2. The quantitative estimate of drug-likeness (QED) is 0.508. The van der Waals surface area contributed by atoms with E-state index in [1.807, 2.05) is 12.1 Å². The minimum Gasteiger partial charge on any atom is -0.296 e. The summed E-state index contributed by atoms with van der Waals surface area (Å²) in [5, 5.41) is 1.67. The molecule has 1 aliphatic carbocycles. The molecule has 0 amide bonds. The molecule has 2 aromatic carbocycles. The first-order valence-electron chi connectivity index (χ1n) is 10.2. The zero-order chi connectivity index (χ0) is 19.8. The second-order valence-corrected chi connectivity index (χ2v) is 8.89. The molecule has 0 spiro atoms. The van der Waals surface area contributed by atoms with Crippen molar-refractivity contribution in [3.8, 4) is 0 Å². The van der Waals surface area contributed by atoms with Gasteiger partial charge in [0.05, 0.1) is 0 Å². The van der Waals surface area contributed by atoms with Gasteiger partial charge in [0.1, 0.15) is 0 Å². The molecule has 1 heterocycles. The predicted octanol–water partition coefficient (Wildman–Crippen LogP) is 7.33. The van der Waals surface area contributed by atoms with Gasteiger partial charge in [-0.2, -0.15) is 0 Å². The van der Waals surface area contributed by atoms with Crippen molar-refractivity contribution in [1.82, 2.24) is 4.90 Å². The Morgan fingerprint density at radius 3 is 2.75 bits per heavy atom. The second-order valence-electron chi connectivity index (χ2n) is 8.07. The highest BCUT2D eigenvalue weighted by molar-refractivity contribution is 6.32. The highest BCUT2D eigenvalue weighted by Gasteiger charge is 2.25. The van der Waals surface area contributed by atoms with Crippen LogP contribution in [0.5, 0.6) is 0 Å². The third kappa shape index (κ3) is 3.68. The van der Waals surface area contributed by atoms with E-state index in [-0.39, 0.29) is 0 Å². The summed E-state index contributed by atoms with van der Waals surface area (Å²) in [7, 11) is 0. The Morgan fingerprint density at radius 1 is 1.14 bits per heavy atom. The van der Waals surface area contributed by atoms with E-state index in [4.69, 9.17) is 23.2 Å². The van der Waals surface area contributed by atoms with E-state index < -0.39 is 0 Å². The lowest BCUT2D eigenvalue weighted by Crippen LogP contribution is -2.28. The molecule has 28 heavy (non-hydrogen) atoms. The van der Waals surface area contributed by atoms with Gasteiger partial charge in [-0.1, -0.05) is 54.9 Å². The van der Waals surface area contributed by atoms with E-state index in [9.17, 15) is 0 Å². The fraction of sp³-hybridized carbons (Fsp3) is 0.360. The summed E-state index contributed by atoms with van der Waals surface area (Å²) in [5.74, 6) is 0. The van der Waals surface area contributed by atoms with Gasteiger partial charge in [0.2, 0.25) is 0 Å². The summed E-state index contributed by atoms with van der Waals surface area (Å²) in [5.41, 5.74) is 8.37. The molecule has 1 atom stereocenters. The highest BCUT2D eigenvalue weighted by atomic mass is 35.5. The number of fused-ring (bicyclic) bond motifs is 1. The Kier molecular flexibility index (Phi) is 5.69. The Hall–Kier alpha value is -1.54. The highest BCUT2D eigenvalue weighted by Crippen LogP contribution is 2.39. The Morgan fingerprint density at radius 2 is 1.96 bits per heavy atom. The first kappa shape index (κ1) is 19.8. The summed E-state index contributed by atoms with van der Waals surface area (Å²) in [6, 6.07) is 11.2. The maximum atomic E-state index is 6.54. The van der Waals surface area contributed by atoms with Crippen molar-refractivity contribution in [2.45, 2.75) is 52.1 Å². The summed E-state index contributed by atoms with van der Waals surface area (Å²) in [6.45, 7) is 10.8. The van der Waals surface area contributed by atoms with Gasteiger partial charge in [-0.05, 0) is 89.9 Å². The van der Waals surface area contributed by atoms with Crippen LogP contribution in [0.1, 0.15) is 54.0 Å². The minimum absolute atomic E-state index is 0.679. The number of hydrogen-bond donors (Lipinski definition) is 0. The number of rotatable bonds is 4. The second kappa shape index (κ2) is 8.06. The van der Waals surface area contributed by atoms with Crippen LogP contribution in [0.15, 0.2) is 43.0 Å². The molecule has 4 rings (SSSR count). The number of likely N-dealkylation sites (tertiary alicyclic amines) is 1. The van der Waals surface area contributed by atoms with Crippen LogP contribution in [0.3, 0.4) is 0 Å². The zero-order valence-corrected chi connectivity index (χ0v) is 18.2. The van der Waals surface area contributed by atoms with Crippen LogP contribution < -0.4 is 0 Å². The summed E-state index contributed by atoms with van der Waals surface area (Å²) in [4.78, 5) is 2.61. The largest absolute Gasteiger partial charge is 0.296 e. The molecular formula is C25H27Cl2N. The average molecular weight is 412 g/mol. The van der Waals surface area contributed by atoms with Gasteiger partial charge in [-0.25, -0.2) is 0 Å². The lowest BCUT2D eigenvalue weighted by Gasteiger charge is -2.27. The molecule has 1 saturated heterocycles. The molecule has 0 bridgehead atoms. The van der Waals surface area contributed by atoms with Gasteiger partial charge in [-0.15, -0.1) is 0 Å². The Labute approximate surface area is 178 Å². The lowest BCUT2D eigenvalue weighted by atomic mass is 9.84. The summed E-state index contributed by atoms with van der Waals surface area (Å²) in [6.07, 6.45) is 6.85. The molecule has 1 nitrogen and oxygen atoms in total. The number of allylic oxidation sites excluding steroid dienone is 3. The van der Waals surface area contributed by atoms with E-state index >= 15 is 0 Å². The molecule has 146 valence electrons. The molecule has 2 aromatic rings. The molecule has 3 heteroatoms. The molecule has 1 fully saturated rings. The van der Waals surface area contributed by atoms with Gasteiger partial charge in [0.15, 0.2) is 0 Å². The SMILES string of the molecule is C=C1C=C(c2cc(C)c(Cl)cc2CN2CCCC2CC)Cc2c(Cl)cccc21. The first-order chi connectivity index (χ1) is 13.5. The third-order valence-corrected chi connectivity index (χ3v) is 7.02. The van der Waals surface area contributed by atoms with Crippen molar-refractivity contribution in [2.75, 3.05) is 6.54 Å². The number of halogens is 2. The van der Waals surface area contributed by atoms with E-state index in [1.54, 1.807) is 0 Å². The van der Waals surface area contributed by atoms with E-state index in [2.05, 4.69) is 49.6 Å². The van der Waals surface area contributed by atoms with Crippen molar-refractivity contribution in [3.63, 3.8) is 0 Å². The standard InChI is InChI=1S/C25H27Cl2N/c1-4-20-7-6-10-28(20)15-19-14-25(27)17(3)12-22(19)18-11-16(2)21-8-5-9-24(26)23(21)13-18/h5,8-9,11-12,14,20H,2,4,6-7,10,13,15H2,1,3H3. The van der Waals surface area contributed by atoms with Crippen LogP contribution in [0.2, 0.25) is 10.0 Å². The fourth-order valence-corrected chi connectivity index (χ4v) is 5.11. The fourth-order valence-electron chi connectivity index (χ4n) is 4.68. The summed E-state index contributed by atoms with van der Waals surface area (Å²) < 4.78 is 0. The van der Waals surface area contributed by atoms with Gasteiger partial charge in [0, 0.05) is 29.1 Å². The predicted molar refractivity (Wildman–Crippen MR) is 122 cm³/mol. The van der Waals surface area contributed by atoms with Crippen molar-refractivity contribution in [1.29, 1.82) is 0 Å².